The molecule has 0 amide bonds. The van der Waals surface area contributed by atoms with E-state index < -0.39 is 0 Å². The van der Waals surface area contributed by atoms with Gasteiger partial charge in [-0.25, -0.2) is 9.97 Å². The van der Waals surface area contributed by atoms with Crippen LogP contribution in [0.2, 0.25) is 5.15 Å². The average molecular weight is 336 g/mol. The molecule has 0 spiro atoms. The van der Waals surface area contributed by atoms with Crippen LogP contribution in [0.4, 0.5) is 0 Å². The first kappa shape index (κ1) is 14.7. The van der Waals surface area contributed by atoms with Gasteiger partial charge in [-0.05, 0) is 54.1 Å². The van der Waals surface area contributed by atoms with Crippen LogP contribution in [-0.4, -0.2) is 21.6 Å². The van der Waals surface area contributed by atoms with Crippen LogP contribution >= 0.6 is 11.6 Å². The number of methoxy groups -OCH3 is 1. The van der Waals surface area contributed by atoms with E-state index in [1.54, 1.807) is 13.3 Å². The maximum absolute atomic E-state index is 6.23. The first-order valence-electron chi connectivity index (χ1n) is 7.49. The minimum Gasteiger partial charge on any atom is -0.497 e. The van der Waals surface area contributed by atoms with Gasteiger partial charge in [-0.3, -0.25) is 4.57 Å². The van der Waals surface area contributed by atoms with Crippen LogP contribution in [0, 0.1) is 0 Å². The number of hydrogen-bond donors (Lipinski definition) is 0. The maximum Gasteiger partial charge on any atom is 0.136 e. The summed E-state index contributed by atoms with van der Waals surface area (Å²) in [4.78, 5) is 8.63. The monoisotopic (exact) mass is 335 g/mol. The van der Waals surface area contributed by atoms with Crippen molar-refractivity contribution in [3.63, 3.8) is 0 Å². The van der Waals surface area contributed by atoms with Crippen LogP contribution in [0.1, 0.15) is 0 Å². The van der Waals surface area contributed by atoms with Crippen molar-refractivity contribution in [3.05, 3.63) is 72.3 Å². The molecule has 118 valence electrons. The van der Waals surface area contributed by atoms with Crippen LogP contribution in [0.15, 0.2) is 67.1 Å². The van der Waals surface area contributed by atoms with E-state index in [0.29, 0.717) is 5.15 Å². The number of hydrogen-bond acceptors (Lipinski definition) is 3. The van der Waals surface area contributed by atoms with Crippen LogP contribution in [0.25, 0.3) is 27.8 Å². The van der Waals surface area contributed by atoms with E-state index in [4.69, 9.17) is 16.3 Å². The first-order valence-corrected chi connectivity index (χ1v) is 7.86. The molecule has 0 fully saturated rings. The highest BCUT2D eigenvalue weighted by molar-refractivity contribution is 6.32. The number of ether oxygens (including phenoxy) is 1. The molecule has 0 saturated carbocycles. The topological polar surface area (TPSA) is 39.9 Å². The fourth-order valence-corrected chi connectivity index (χ4v) is 2.95. The smallest absolute Gasteiger partial charge is 0.136 e. The van der Waals surface area contributed by atoms with Crippen LogP contribution in [0.3, 0.4) is 0 Å². The Morgan fingerprint density at radius 2 is 1.83 bits per heavy atom. The van der Waals surface area contributed by atoms with Gasteiger partial charge in [0.2, 0.25) is 0 Å². The number of benzene rings is 2. The van der Waals surface area contributed by atoms with Gasteiger partial charge in [0.1, 0.15) is 17.2 Å². The lowest BCUT2D eigenvalue weighted by Gasteiger charge is -2.08. The summed E-state index contributed by atoms with van der Waals surface area (Å²) in [5, 5.41) is 0.493. The highest BCUT2D eigenvalue weighted by Gasteiger charge is 2.09. The second kappa shape index (κ2) is 5.98. The maximum atomic E-state index is 6.23. The van der Waals surface area contributed by atoms with Crippen LogP contribution < -0.4 is 4.74 Å². The summed E-state index contributed by atoms with van der Waals surface area (Å²) in [6.45, 7) is 0. The van der Waals surface area contributed by atoms with E-state index in [9.17, 15) is 0 Å². The Bertz CT molecular complexity index is 1010. The Balaban J connectivity index is 1.85. The van der Waals surface area contributed by atoms with Gasteiger partial charge in [0.15, 0.2) is 0 Å². The summed E-state index contributed by atoms with van der Waals surface area (Å²) in [5.74, 6) is 0.825. The third-order valence-corrected chi connectivity index (χ3v) is 4.27. The van der Waals surface area contributed by atoms with Crippen LogP contribution in [-0.2, 0) is 0 Å². The van der Waals surface area contributed by atoms with Crippen molar-refractivity contribution in [2.75, 3.05) is 7.11 Å². The highest BCUT2D eigenvalue weighted by atomic mass is 35.5. The van der Waals surface area contributed by atoms with Crippen molar-refractivity contribution in [3.8, 4) is 22.6 Å². The Hall–Kier alpha value is -2.85. The molecule has 0 radical (unpaired) electrons. The summed E-state index contributed by atoms with van der Waals surface area (Å²) < 4.78 is 7.26. The molecule has 24 heavy (non-hydrogen) atoms. The van der Waals surface area contributed by atoms with E-state index in [-0.39, 0.29) is 0 Å². The molecule has 0 N–H and O–H groups in total. The predicted octanol–water partition coefficient (Wildman–Crippen LogP) is 4.75. The summed E-state index contributed by atoms with van der Waals surface area (Å²) in [6.07, 6.45) is 3.51. The largest absolute Gasteiger partial charge is 0.497 e. The first-order chi connectivity index (χ1) is 11.8. The van der Waals surface area contributed by atoms with Gasteiger partial charge < -0.3 is 4.74 Å². The van der Waals surface area contributed by atoms with E-state index in [1.165, 1.54) is 0 Å². The summed E-state index contributed by atoms with van der Waals surface area (Å²) in [7, 11) is 1.66. The Morgan fingerprint density at radius 3 is 2.58 bits per heavy atom. The van der Waals surface area contributed by atoms with Crippen molar-refractivity contribution in [2.24, 2.45) is 0 Å². The van der Waals surface area contributed by atoms with Gasteiger partial charge in [-0.15, -0.1) is 0 Å². The minimum absolute atomic E-state index is 0.493. The molecule has 5 heteroatoms. The van der Waals surface area contributed by atoms with E-state index in [1.807, 2.05) is 59.4 Å². The minimum atomic E-state index is 0.493. The molecule has 2 heterocycles. The van der Waals surface area contributed by atoms with E-state index >= 15 is 0 Å². The second-order valence-electron chi connectivity index (χ2n) is 5.36. The molecule has 0 atom stereocenters. The molecule has 2 aromatic heterocycles. The molecule has 0 aliphatic carbocycles. The fraction of sp³-hybridized carbons (Fsp3) is 0.0526. The van der Waals surface area contributed by atoms with Crippen molar-refractivity contribution in [1.82, 2.24) is 14.5 Å². The third kappa shape index (κ3) is 2.51. The lowest BCUT2D eigenvalue weighted by Crippen LogP contribution is -1.92. The molecule has 4 aromatic rings. The Morgan fingerprint density at radius 1 is 1.00 bits per heavy atom. The fourth-order valence-electron chi connectivity index (χ4n) is 2.73. The molecule has 0 aliphatic heterocycles. The number of aromatic nitrogens is 3. The Kier molecular flexibility index (Phi) is 3.67. The zero-order valence-corrected chi connectivity index (χ0v) is 13.7. The van der Waals surface area contributed by atoms with E-state index in [2.05, 4.69) is 16.0 Å². The molecule has 0 unspecified atom stereocenters. The van der Waals surface area contributed by atoms with Crippen molar-refractivity contribution < 1.29 is 4.74 Å². The lowest BCUT2D eigenvalue weighted by molar-refractivity contribution is 0.415. The summed E-state index contributed by atoms with van der Waals surface area (Å²) >= 11 is 6.23. The molecule has 4 nitrogen and oxygen atoms in total. The third-order valence-electron chi connectivity index (χ3n) is 3.97. The van der Waals surface area contributed by atoms with Gasteiger partial charge >= 0.3 is 0 Å². The second-order valence-corrected chi connectivity index (χ2v) is 5.72. The quantitative estimate of drug-likeness (QED) is 0.507. The van der Waals surface area contributed by atoms with E-state index in [0.717, 1.165) is 33.6 Å². The molecular weight excluding hydrogens is 322 g/mol. The number of nitrogens with zero attached hydrogens (tertiary/aromatic N) is 3. The number of imidazole rings is 1. The summed E-state index contributed by atoms with van der Waals surface area (Å²) in [5.41, 5.74) is 4.87. The predicted molar refractivity (Wildman–Crippen MR) is 95.9 cm³/mol. The van der Waals surface area contributed by atoms with Crippen molar-refractivity contribution >= 4 is 22.6 Å². The van der Waals surface area contributed by atoms with Gasteiger partial charge in [-0.2, -0.15) is 0 Å². The molecule has 0 aliphatic rings. The normalized spacial score (nSPS) is 10.9. The Labute approximate surface area is 144 Å². The molecule has 0 saturated heterocycles. The van der Waals surface area contributed by atoms with Gasteiger partial charge in [0.25, 0.3) is 0 Å². The zero-order valence-electron chi connectivity index (χ0n) is 13.0. The number of halogens is 1. The number of fused-ring (bicyclic) bond motifs is 1. The van der Waals surface area contributed by atoms with Gasteiger partial charge in [0, 0.05) is 17.4 Å². The molecular formula is C19H14ClN3O. The average Bonchev–Trinajstić information content (AvgIpc) is 3.05. The molecule has 2 aromatic carbocycles. The lowest BCUT2D eigenvalue weighted by atomic mass is 10.1. The van der Waals surface area contributed by atoms with Crippen LogP contribution in [0.5, 0.6) is 5.75 Å². The standard InChI is InChI=1S/C19H14ClN3O/c1-24-15-7-5-14(6-8-15)23-12-22-17-9-4-13(11-18(17)23)16-3-2-10-21-19(16)20/h2-12H,1H3. The zero-order chi connectivity index (χ0) is 16.5. The highest BCUT2D eigenvalue weighted by Crippen LogP contribution is 2.29. The number of rotatable bonds is 3. The van der Waals surface area contributed by atoms with Crippen molar-refractivity contribution in [1.29, 1.82) is 0 Å². The number of pyridine rings is 1. The van der Waals surface area contributed by atoms with Crippen molar-refractivity contribution in [2.45, 2.75) is 0 Å². The molecule has 0 bridgehead atoms. The molecule has 4 rings (SSSR count). The van der Waals surface area contributed by atoms with Gasteiger partial charge in [0.05, 0.1) is 18.1 Å². The SMILES string of the molecule is COc1ccc(-n2cnc3ccc(-c4cccnc4Cl)cc32)cc1. The summed E-state index contributed by atoms with van der Waals surface area (Å²) in [6, 6.07) is 17.8. The van der Waals surface area contributed by atoms with Gasteiger partial charge in [-0.1, -0.05) is 17.7 Å².